The van der Waals surface area contributed by atoms with Crippen molar-refractivity contribution in [2.75, 3.05) is 19.6 Å². The number of nitrogens with one attached hydrogen (secondary N) is 2. The van der Waals surface area contributed by atoms with Gasteiger partial charge >= 0.3 is 0 Å². The molecule has 0 saturated carbocycles. The molecule has 4 heterocycles. The second-order valence-electron chi connectivity index (χ2n) is 6.10. The highest BCUT2D eigenvalue weighted by Crippen LogP contribution is 2.28. The number of nitrogens with zero attached hydrogens (tertiary/aromatic N) is 2. The molecule has 0 radical (unpaired) electrons. The molecule has 2 bridgehead atoms. The van der Waals surface area contributed by atoms with Gasteiger partial charge in [-0.15, -0.1) is 0 Å². The Morgan fingerprint density at radius 2 is 2.08 bits per heavy atom. The first-order valence-corrected chi connectivity index (χ1v) is 7.91. The number of piperidine rings is 3. The van der Waals surface area contributed by atoms with Crippen molar-refractivity contribution in [1.82, 2.24) is 20.4 Å². The lowest BCUT2D eigenvalue weighted by atomic mass is 9.84. The van der Waals surface area contributed by atoms with Gasteiger partial charge in [0.2, 0.25) is 0 Å². The number of para-hydroxylation sites is 1. The van der Waals surface area contributed by atoms with Crippen molar-refractivity contribution in [2.45, 2.75) is 18.9 Å². The van der Waals surface area contributed by atoms with Gasteiger partial charge in [-0.05, 0) is 37.9 Å². The summed E-state index contributed by atoms with van der Waals surface area (Å²) >= 11 is 0. The first-order valence-electron chi connectivity index (χ1n) is 7.91. The lowest BCUT2D eigenvalue weighted by molar-refractivity contribution is -0.122. The van der Waals surface area contributed by atoms with Gasteiger partial charge in [-0.25, -0.2) is 0 Å². The third-order valence-electron chi connectivity index (χ3n) is 4.76. The summed E-state index contributed by atoms with van der Waals surface area (Å²) in [5.74, 6) is 0.536. The standard InChI is InChI=1S/C15H18N4O2.CH2O2/c20-12-3-1-2-10-13(12)17-18-14(10)15(21)16-11-8-19-6-4-9(11)5-7-19;2-1-3/h1-3,9,11,20H,4-8H2,(H,16,21)(H,17,18);1H,(H,2,3)/t11-;/m1./s1. The maximum atomic E-state index is 12.5. The predicted octanol–water partition coefficient (Wildman–Crippen LogP) is 0.793. The first-order chi connectivity index (χ1) is 11.6. The van der Waals surface area contributed by atoms with Crippen LogP contribution in [0.25, 0.3) is 10.9 Å². The number of aromatic hydroxyl groups is 1. The summed E-state index contributed by atoms with van der Waals surface area (Å²) < 4.78 is 0. The molecule has 3 saturated heterocycles. The van der Waals surface area contributed by atoms with Crippen LogP contribution >= 0.6 is 0 Å². The average Bonchev–Trinajstić information content (AvgIpc) is 3.02. The highest BCUT2D eigenvalue weighted by molar-refractivity contribution is 6.05. The third-order valence-corrected chi connectivity index (χ3v) is 4.76. The number of phenols is 1. The van der Waals surface area contributed by atoms with E-state index in [9.17, 15) is 9.90 Å². The molecule has 128 valence electrons. The Kier molecular flexibility index (Phi) is 4.66. The number of carbonyl (C=O) groups excluding carboxylic acids is 1. The third kappa shape index (κ3) is 3.05. The van der Waals surface area contributed by atoms with E-state index in [-0.39, 0.29) is 24.2 Å². The highest BCUT2D eigenvalue weighted by Gasteiger charge is 2.35. The summed E-state index contributed by atoms with van der Waals surface area (Å²) in [4.78, 5) is 23.3. The zero-order valence-corrected chi connectivity index (χ0v) is 13.1. The summed E-state index contributed by atoms with van der Waals surface area (Å²) in [7, 11) is 0. The molecule has 0 aliphatic carbocycles. The Morgan fingerprint density at radius 3 is 2.71 bits per heavy atom. The van der Waals surface area contributed by atoms with Gasteiger partial charge in [0.25, 0.3) is 12.4 Å². The lowest BCUT2D eigenvalue weighted by Crippen LogP contribution is -2.57. The maximum absolute atomic E-state index is 12.5. The van der Waals surface area contributed by atoms with Crippen LogP contribution in [0.15, 0.2) is 18.2 Å². The van der Waals surface area contributed by atoms with Gasteiger partial charge in [0, 0.05) is 18.0 Å². The van der Waals surface area contributed by atoms with Crippen molar-refractivity contribution >= 4 is 23.3 Å². The molecule has 1 atom stereocenters. The number of benzene rings is 1. The van der Waals surface area contributed by atoms with Crippen LogP contribution in [0, 0.1) is 5.92 Å². The molecule has 3 aliphatic heterocycles. The zero-order chi connectivity index (χ0) is 17.1. The minimum atomic E-state index is -0.250. The lowest BCUT2D eigenvalue weighted by Gasteiger charge is -2.44. The summed E-state index contributed by atoms with van der Waals surface area (Å²) in [5, 5.41) is 27.2. The van der Waals surface area contributed by atoms with Gasteiger partial charge < -0.3 is 20.4 Å². The molecule has 8 nitrogen and oxygen atoms in total. The largest absolute Gasteiger partial charge is 0.506 e. The van der Waals surface area contributed by atoms with Crippen LogP contribution in [0.4, 0.5) is 0 Å². The monoisotopic (exact) mass is 332 g/mol. The summed E-state index contributed by atoms with van der Waals surface area (Å²) in [6, 6.07) is 5.30. The molecule has 5 rings (SSSR count). The van der Waals surface area contributed by atoms with Crippen LogP contribution in [-0.4, -0.2) is 63.4 Å². The van der Waals surface area contributed by atoms with E-state index < -0.39 is 0 Å². The molecule has 2 aromatic rings. The number of fused-ring (bicyclic) bond motifs is 4. The minimum Gasteiger partial charge on any atom is -0.506 e. The Balaban J connectivity index is 0.000000526. The van der Waals surface area contributed by atoms with E-state index in [1.165, 1.54) is 0 Å². The fourth-order valence-electron chi connectivity index (χ4n) is 3.56. The number of aromatic amines is 1. The molecule has 1 aromatic carbocycles. The normalized spacial score (nSPS) is 24.9. The molecular formula is C16H20N4O4. The van der Waals surface area contributed by atoms with E-state index in [1.807, 2.05) is 0 Å². The minimum absolute atomic E-state index is 0.0886. The summed E-state index contributed by atoms with van der Waals surface area (Å²) in [6.07, 6.45) is 2.32. The van der Waals surface area contributed by atoms with Gasteiger partial charge in [0.05, 0.1) is 0 Å². The van der Waals surface area contributed by atoms with Crippen LogP contribution in [0.2, 0.25) is 0 Å². The fraction of sp³-hybridized carbons (Fsp3) is 0.438. The number of phenolic OH excluding ortho intramolecular Hbond substituents is 1. The van der Waals surface area contributed by atoms with E-state index in [4.69, 9.17) is 9.90 Å². The molecule has 24 heavy (non-hydrogen) atoms. The molecule has 8 heteroatoms. The summed E-state index contributed by atoms with van der Waals surface area (Å²) in [5.41, 5.74) is 0.869. The van der Waals surface area contributed by atoms with Crippen molar-refractivity contribution in [3.8, 4) is 5.75 Å². The van der Waals surface area contributed by atoms with Crippen molar-refractivity contribution < 1.29 is 19.8 Å². The van der Waals surface area contributed by atoms with Crippen LogP contribution < -0.4 is 5.32 Å². The quantitative estimate of drug-likeness (QED) is 0.604. The Bertz CT molecular complexity index is 737. The number of carbonyl (C=O) groups is 2. The van der Waals surface area contributed by atoms with Gasteiger partial charge in [-0.1, -0.05) is 12.1 Å². The van der Waals surface area contributed by atoms with Crippen molar-refractivity contribution in [3.63, 3.8) is 0 Å². The van der Waals surface area contributed by atoms with Crippen molar-refractivity contribution in [1.29, 1.82) is 0 Å². The van der Waals surface area contributed by atoms with Gasteiger partial charge in [0.1, 0.15) is 17.0 Å². The van der Waals surface area contributed by atoms with E-state index in [0.29, 0.717) is 22.5 Å². The smallest absolute Gasteiger partial charge is 0.290 e. The topological polar surface area (TPSA) is 119 Å². The highest BCUT2D eigenvalue weighted by atomic mass is 16.3. The van der Waals surface area contributed by atoms with Crippen molar-refractivity contribution in [3.05, 3.63) is 23.9 Å². The van der Waals surface area contributed by atoms with E-state index >= 15 is 0 Å². The second kappa shape index (κ2) is 6.88. The van der Waals surface area contributed by atoms with E-state index in [0.717, 1.165) is 32.5 Å². The predicted molar refractivity (Wildman–Crippen MR) is 86.9 cm³/mol. The first kappa shape index (κ1) is 16.3. The van der Waals surface area contributed by atoms with E-state index in [2.05, 4.69) is 20.4 Å². The average molecular weight is 332 g/mol. The number of carboxylic acid groups (broad SMARTS) is 1. The van der Waals surface area contributed by atoms with Crippen LogP contribution in [0.5, 0.6) is 5.75 Å². The number of rotatable bonds is 2. The van der Waals surface area contributed by atoms with Crippen LogP contribution in [0.1, 0.15) is 23.3 Å². The maximum Gasteiger partial charge on any atom is 0.290 e. The number of aromatic nitrogens is 2. The Hall–Kier alpha value is -2.61. The molecule has 0 unspecified atom stereocenters. The van der Waals surface area contributed by atoms with Gasteiger partial charge in [-0.2, -0.15) is 5.10 Å². The van der Waals surface area contributed by atoms with E-state index in [1.54, 1.807) is 18.2 Å². The molecule has 0 spiro atoms. The number of H-pyrrole nitrogens is 1. The van der Waals surface area contributed by atoms with Gasteiger partial charge in [-0.3, -0.25) is 14.7 Å². The molecule has 1 amide bonds. The zero-order valence-electron chi connectivity index (χ0n) is 13.1. The summed E-state index contributed by atoms with van der Waals surface area (Å²) in [6.45, 7) is 2.99. The molecule has 3 aliphatic rings. The van der Waals surface area contributed by atoms with Gasteiger partial charge in [0.15, 0.2) is 0 Å². The molecule has 4 N–H and O–H groups in total. The number of hydrogen-bond acceptors (Lipinski definition) is 5. The number of hydrogen-bond donors (Lipinski definition) is 4. The fourth-order valence-corrected chi connectivity index (χ4v) is 3.56. The van der Waals surface area contributed by atoms with Crippen molar-refractivity contribution in [2.24, 2.45) is 5.92 Å². The van der Waals surface area contributed by atoms with Crippen LogP contribution in [0.3, 0.4) is 0 Å². The number of amides is 1. The Labute approximate surface area is 138 Å². The molecule has 1 aromatic heterocycles. The Morgan fingerprint density at radius 1 is 1.38 bits per heavy atom. The SMILES string of the molecule is O=C(N[C@@H]1CN2CCC1CC2)c1[nH]nc2c(O)cccc12.O=CO. The second-order valence-corrected chi connectivity index (χ2v) is 6.10. The molecule has 3 fully saturated rings. The molecular weight excluding hydrogens is 312 g/mol. The van der Waals surface area contributed by atoms with Crippen LogP contribution in [-0.2, 0) is 4.79 Å².